The third kappa shape index (κ3) is 6.89. The van der Waals surface area contributed by atoms with E-state index >= 15 is 0 Å². The second-order valence-corrected chi connectivity index (χ2v) is 6.72. The van der Waals surface area contributed by atoms with Crippen LogP contribution in [0.25, 0.3) is 11.1 Å². The van der Waals surface area contributed by atoms with Crippen LogP contribution in [-0.4, -0.2) is 31.1 Å². The smallest absolute Gasteiger partial charge is 0.180 e. The van der Waals surface area contributed by atoms with E-state index in [-0.39, 0.29) is 34.0 Å². The van der Waals surface area contributed by atoms with Crippen LogP contribution in [0, 0.1) is 11.1 Å². The fraction of sp³-hybridized carbons (Fsp3) is 0.450. The Morgan fingerprint density at radius 3 is 2.38 bits per heavy atom. The first-order valence-corrected chi connectivity index (χ1v) is 8.85. The quantitative estimate of drug-likeness (QED) is 0.338. The number of likely N-dealkylation sites (tertiary alicyclic amines) is 1. The topological polar surface area (TPSA) is 39.4 Å². The summed E-state index contributed by atoms with van der Waals surface area (Å²) in [6.45, 7) is 6.69. The molecule has 6 heteroatoms. The monoisotopic (exact) mass is 486 g/mol. The molecule has 0 saturated carbocycles. The molecule has 1 saturated heterocycles. The van der Waals surface area contributed by atoms with Crippen LogP contribution >= 0.6 is 34.0 Å². The van der Waals surface area contributed by atoms with Gasteiger partial charge < -0.3 is 14.8 Å². The van der Waals surface area contributed by atoms with E-state index in [1.165, 1.54) is 38.3 Å². The van der Waals surface area contributed by atoms with Gasteiger partial charge in [0.15, 0.2) is 12.4 Å². The van der Waals surface area contributed by atoms with Crippen LogP contribution in [0.5, 0.6) is 5.75 Å². The Morgan fingerprint density at radius 2 is 1.73 bits per heavy atom. The molecule has 0 aliphatic carbocycles. The van der Waals surface area contributed by atoms with Crippen molar-refractivity contribution in [2.24, 2.45) is 5.92 Å². The lowest BCUT2D eigenvalue weighted by atomic mass is 10.0. The molecule has 0 radical (unpaired) electrons. The lowest BCUT2D eigenvalue weighted by Crippen LogP contribution is -2.35. The van der Waals surface area contributed by atoms with Gasteiger partial charge >= 0.3 is 0 Å². The normalized spacial score (nSPS) is 17.0. The highest BCUT2D eigenvalue weighted by atomic mass is 79.9. The molecule has 1 fully saturated rings. The number of hydrogen-bond donors (Lipinski definition) is 0. The van der Waals surface area contributed by atoms with Gasteiger partial charge in [0.05, 0.1) is 6.61 Å². The van der Waals surface area contributed by atoms with E-state index in [0.29, 0.717) is 0 Å². The van der Waals surface area contributed by atoms with Gasteiger partial charge in [-0.3, -0.25) is 0 Å². The molecular weight excluding hydrogens is 460 g/mol. The van der Waals surface area contributed by atoms with Crippen LogP contribution < -0.4 is 9.47 Å². The van der Waals surface area contributed by atoms with Crippen LogP contribution in [0.4, 0.5) is 0 Å². The van der Waals surface area contributed by atoms with E-state index in [9.17, 15) is 5.21 Å². The van der Waals surface area contributed by atoms with Crippen molar-refractivity contribution in [2.75, 3.05) is 26.2 Å². The number of nitrogens with zero attached hydrogens (tertiary/aromatic N) is 2. The van der Waals surface area contributed by atoms with E-state index in [4.69, 9.17) is 4.74 Å². The maximum atomic E-state index is 11.1. The van der Waals surface area contributed by atoms with Gasteiger partial charge in [-0.2, -0.15) is 4.73 Å². The van der Waals surface area contributed by atoms with Gasteiger partial charge in [0.25, 0.3) is 0 Å². The summed E-state index contributed by atoms with van der Waals surface area (Å²) < 4.78 is 6.65. The van der Waals surface area contributed by atoms with Gasteiger partial charge in [-0.25, -0.2) is 0 Å². The highest BCUT2D eigenvalue weighted by molar-refractivity contribution is 8.93. The van der Waals surface area contributed by atoms with Crippen molar-refractivity contribution in [3.05, 3.63) is 54.0 Å². The minimum Gasteiger partial charge on any atom is -0.619 e. The molecular formula is C20H28Br2N2O2. The number of halogens is 2. The second-order valence-electron chi connectivity index (χ2n) is 6.72. The Kier molecular flexibility index (Phi) is 10.2. The summed E-state index contributed by atoms with van der Waals surface area (Å²) in [5.74, 6) is 1.74. The molecule has 1 aliphatic heterocycles. The summed E-state index contributed by atoms with van der Waals surface area (Å²) in [6.07, 6.45) is 6.80. The maximum Gasteiger partial charge on any atom is 0.180 e. The third-order valence-corrected chi connectivity index (χ3v) is 4.62. The van der Waals surface area contributed by atoms with Gasteiger partial charge in [-0.05, 0) is 55.0 Å². The molecule has 26 heavy (non-hydrogen) atoms. The molecule has 1 unspecified atom stereocenters. The zero-order valence-corrected chi connectivity index (χ0v) is 18.6. The van der Waals surface area contributed by atoms with E-state index in [1.54, 1.807) is 0 Å². The molecule has 1 aromatic carbocycles. The fourth-order valence-corrected chi connectivity index (χ4v) is 3.32. The SMILES string of the molecule is Br.Br.CC1CCCN(CCCOc2ccc(-c3cc[n+]([O-])cc3)cc2)C1. The average molecular weight is 488 g/mol. The third-order valence-electron chi connectivity index (χ3n) is 4.62. The van der Waals surface area contributed by atoms with Crippen LogP contribution in [0.3, 0.4) is 0 Å². The van der Waals surface area contributed by atoms with E-state index < -0.39 is 0 Å². The van der Waals surface area contributed by atoms with E-state index in [2.05, 4.69) is 11.8 Å². The molecule has 0 N–H and O–H groups in total. The van der Waals surface area contributed by atoms with Crippen molar-refractivity contribution in [3.63, 3.8) is 0 Å². The minimum absolute atomic E-state index is 0. The summed E-state index contributed by atoms with van der Waals surface area (Å²) in [7, 11) is 0. The standard InChI is InChI=1S/C20H26N2O2.2BrH/c1-17-4-2-11-21(16-17)12-3-15-24-20-7-5-18(6-8-20)19-9-13-22(23)14-10-19;;/h5-10,13-14,17H,2-4,11-12,15-16H2,1H3;2*1H. The lowest BCUT2D eigenvalue weighted by molar-refractivity contribution is -0.605. The number of piperidine rings is 1. The van der Waals surface area contributed by atoms with Gasteiger partial charge in [0.2, 0.25) is 0 Å². The molecule has 1 atom stereocenters. The van der Waals surface area contributed by atoms with Gasteiger partial charge in [0, 0.05) is 25.2 Å². The fourth-order valence-electron chi connectivity index (χ4n) is 3.32. The molecule has 1 aromatic heterocycles. The molecule has 0 bridgehead atoms. The van der Waals surface area contributed by atoms with E-state index in [1.807, 2.05) is 36.4 Å². The lowest BCUT2D eigenvalue weighted by Gasteiger charge is -2.30. The Balaban J connectivity index is 0.00000169. The Hall–Kier alpha value is -1.11. The largest absolute Gasteiger partial charge is 0.619 e. The van der Waals surface area contributed by atoms with Crippen molar-refractivity contribution in [1.29, 1.82) is 0 Å². The Labute approximate surface area is 177 Å². The van der Waals surface area contributed by atoms with Crippen molar-refractivity contribution in [2.45, 2.75) is 26.2 Å². The zero-order chi connectivity index (χ0) is 16.8. The number of pyridine rings is 1. The van der Waals surface area contributed by atoms with Gasteiger partial charge in [-0.1, -0.05) is 19.1 Å². The molecule has 4 nitrogen and oxygen atoms in total. The summed E-state index contributed by atoms with van der Waals surface area (Å²) in [5.41, 5.74) is 2.12. The minimum atomic E-state index is 0. The number of rotatable bonds is 6. The first-order chi connectivity index (χ1) is 11.7. The predicted octanol–water partition coefficient (Wildman–Crippen LogP) is 4.64. The summed E-state index contributed by atoms with van der Waals surface area (Å²) in [5, 5.41) is 11.1. The van der Waals surface area contributed by atoms with E-state index in [0.717, 1.165) is 47.1 Å². The molecule has 0 spiro atoms. The summed E-state index contributed by atoms with van der Waals surface area (Å²) >= 11 is 0. The summed E-state index contributed by atoms with van der Waals surface area (Å²) in [6, 6.07) is 11.7. The van der Waals surface area contributed by atoms with Crippen LogP contribution in [0.2, 0.25) is 0 Å². The zero-order valence-electron chi connectivity index (χ0n) is 15.2. The molecule has 2 heterocycles. The number of benzene rings is 1. The Morgan fingerprint density at radius 1 is 1.08 bits per heavy atom. The average Bonchev–Trinajstić information content (AvgIpc) is 2.60. The van der Waals surface area contributed by atoms with Crippen LogP contribution in [-0.2, 0) is 0 Å². The number of hydrogen-bond acceptors (Lipinski definition) is 3. The van der Waals surface area contributed by atoms with Crippen molar-refractivity contribution in [1.82, 2.24) is 4.90 Å². The van der Waals surface area contributed by atoms with Gasteiger partial charge in [-0.15, -0.1) is 34.0 Å². The molecule has 144 valence electrons. The van der Waals surface area contributed by atoms with Crippen LogP contribution in [0.15, 0.2) is 48.8 Å². The van der Waals surface area contributed by atoms with Crippen LogP contribution in [0.1, 0.15) is 26.2 Å². The second kappa shape index (κ2) is 11.6. The van der Waals surface area contributed by atoms with Gasteiger partial charge in [0.1, 0.15) is 5.75 Å². The number of aromatic nitrogens is 1. The number of ether oxygens (including phenoxy) is 1. The molecule has 1 aliphatic rings. The van der Waals surface area contributed by atoms with Crippen molar-refractivity contribution in [3.8, 4) is 16.9 Å². The predicted molar refractivity (Wildman–Crippen MR) is 116 cm³/mol. The first-order valence-electron chi connectivity index (χ1n) is 8.85. The molecule has 0 amide bonds. The maximum absolute atomic E-state index is 11.1. The molecule has 3 rings (SSSR count). The summed E-state index contributed by atoms with van der Waals surface area (Å²) in [4.78, 5) is 2.55. The van der Waals surface area contributed by atoms with Crippen molar-refractivity contribution >= 4 is 34.0 Å². The highest BCUT2D eigenvalue weighted by Gasteiger charge is 2.15. The first kappa shape index (κ1) is 22.9. The Bertz CT molecular complexity index is 635. The molecule has 2 aromatic rings. The van der Waals surface area contributed by atoms with Crippen molar-refractivity contribution < 1.29 is 9.47 Å². The highest BCUT2D eigenvalue weighted by Crippen LogP contribution is 2.21.